The van der Waals surface area contributed by atoms with Crippen LogP contribution in [0.5, 0.6) is 11.5 Å². The fourth-order valence-corrected chi connectivity index (χ4v) is 2.03. The number of aliphatic hydroxyl groups is 1. The summed E-state index contributed by atoms with van der Waals surface area (Å²) in [6, 6.07) is 5.51. The Morgan fingerprint density at radius 2 is 2.22 bits per heavy atom. The average molecular weight is 252 g/mol. The lowest BCUT2D eigenvalue weighted by Crippen LogP contribution is -2.28. The molecule has 1 aromatic rings. The van der Waals surface area contributed by atoms with Crippen molar-refractivity contribution in [2.24, 2.45) is 0 Å². The van der Waals surface area contributed by atoms with Crippen molar-refractivity contribution in [1.29, 1.82) is 0 Å². The van der Waals surface area contributed by atoms with Gasteiger partial charge >= 0.3 is 0 Å². The van der Waals surface area contributed by atoms with Crippen LogP contribution in [0.2, 0.25) is 0 Å². The molecule has 18 heavy (non-hydrogen) atoms. The van der Waals surface area contributed by atoms with Crippen molar-refractivity contribution >= 4 is 0 Å². The molecule has 2 rings (SSSR count). The van der Waals surface area contributed by atoms with Gasteiger partial charge in [-0.15, -0.1) is 0 Å². The molecule has 0 amide bonds. The summed E-state index contributed by atoms with van der Waals surface area (Å²) < 4.78 is 16.6. The Hall–Kier alpha value is -1.26. The number of aliphatic hydroxyl groups excluding tert-OH is 1. The largest absolute Gasteiger partial charge is 0.493 e. The van der Waals surface area contributed by atoms with Crippen LogP contribution in [-0.2, 0) is 4.74 Å². The maximum absolute atomic E-state index is 9.54. The summed E-state index contributed by atoms with van der Waals surface area (Å²) in [6.45, 7) is 3.17. The minimum Gasteiger partial charge on any atom is -0.493 e. The molecule has 2 unspecified atom stereocenters. The van der Waals surface area contributed by atoms with Crippen molar-refractivity contribution in [3.63, 3.8) is 0 Å². The van der Waals surface area contributed by atoms with Gasteiger partial charge in [0.05, 0.1) is 19.8 Å². The number of benzene rings is 1. The number of hydrogen-bond donors (Lipinski definition) is 1. The highest BCUT2D eigenvalue weighted by molar-refractivity contribution is 5.43. The topological polar surface area (TPSA) is 47.9 Å². The zero-order valence-corrected chi connectivity index (χ0v) is 10.9. The van der Waals surface area contributed by atoms with Crippen molar-refractivity contribution in [3.8, 4) is 11.5 Å². The van der Waals surface area contributed by atoms with E-state index >= 15 is 0 Å². The minimum absolute atomic E-state index is 0.0880. The van der Waals surface area contributed by atoms with Gasteiger partial charge in [-0.25, -0.2) is 0 Å². The van der Waals surface area contributed by atoms with Crippen LogP contribution < -0.4 is 9.47 Å². The molecule has 0 spiro atoms. The van der Waals surface area contributed by atoms with Crippen LogP contribution in [0, 0.1) is 0 Å². The van der Waals surface area contributed by atoms with E-state index in [-0.39, 0.29) is 6.10 Å². The molecule has 1 aliphatic heterocycles. The van der Waals surface area contributed by atoms with Gasteiger partial charge in [-0.05, 0) is 37.5 Å². The third kappa shape index (κ3) is 3.15. The van der Waals surface area contributed by atoms with Gasteiger partial charge < -0.3 is 19.3 Å². The molecule has 1 aromatic carbocycles. The summed E-state index contributed by atoms with van der Waals surface area (Å²) in [5.41, 5.74) is 0.819. The fourth-order valence-electron chi connectivity index (χ4n) is 2.03. The Balaban J connectivity index is 2.11. The molecular weight excluding hydrogens is 232 g/mol. The van der Waals surface area contributed by atoms with E-state index in [2.05, 4.69) is 0 Å². The van der Waals surface area contributed by atoms with Crippen LogP contribution in [-0.4, -0.2) is 31.5 Å². The Morgan fingerprint density at radius 3 is 2.83 bits per heavy atom. The maximum Gasteiger partial charge on any atom is 0.161 e. The highest BCUT2D eigenvalue weighted by atomic mass is 16.5. The lowest BCUT2D eigenvalue weighted by Gasteiger charge is -2.24. The Bertz CT molecular complexity index is 383. The van der Waals surface area contributed by atoms with Crippen molar-refractivity contribution in [3.05, 3.63) is 23.8 Å². The zero-order valence-electron chi connectivity index (χ0n) is 10.9. The second kappa shape index (κ2) is 6.07. The normalized spacial score (nSPS) is 21.4. The van der Waals surface area contributed by atoms with E-state index in [1.165, 1.54) is 0 Å². The van der Waals surface area contributed by atoms with Gasteiger partial charge in [-0.1, -0.05) is 6.07 Å². The molecule has 0 radical (unpaired) electrons. The van der Waals surface area contributed by atoms with Gasteiger partial charge in [0, 0.05) is 6.61 Å². The first-order chi connectivity index (χ1) is 8.70. The Kier molecular flexibility index (Phi) is 4.44. The average Bonchev–Trinajstić information content (AvgIpc) is 2.40. The number of ether oxygens (including phenoxy) is 3. The highest BCUT2D eigenvalue weighted by Gasteiger charge is 2.18. The van der Waals surface area contributed by atoms with Crippen LogP contribution in [0.4, 0.5) is 0 Å². The lowest BCUT2D eigenvalue weighted by molar-refractivity contribution is 0.00641. The van der Waals surface area contributed by atoms with E-state index in [4.69, 9.17) is 14.2 Å². The summed E-state index contributed by atoms with van der Waals surface area (Å²) in [5.74, 6) is 1.36. The summed E-state index contributed by atoms with van der Waals surface area (Å²) >= 11 is 0. The monoisotopic (exact) mass is 252 g/mol. The predicted molar refractivity (Wildman–Crippen MR) is 68.1 cm³/mol. The molecule has 0 aliphatic carbocycles. The first kappa shape index (κ1) is 13.2. The lowest BCUT2D eigenvalue weighted by atomic mass is 10.1. The molecule has 1 heterocycles. The van der Waals surface area contributed by atoms with Crippen molar-refractivity contribution in [2.45, 2.75) is 32.0 Å². The quantitative estimate of drug-likeness (QED) is 0.893. The first-order valence-electron chi connectivity index (χ1n) is 6.31. The summed E-state index contributed by atoms with van der Waals surface area (Å²) in [4.78, 5) is 0. The number of rotatable bonds is 4. The molecule has 4 heteroatoms. The van der Waals surface area contributed by atoms with Gasteiger partial charge in [-0.3, -0.25) is 0 Å². The predicted octanol–water partition coefficient (Wildman–Crippen LogP) is 2.31. The molecule has 1 saturated heterocycles. The number of methoxy groups -OCH3 is 1. The van der Waals surface area contributed by atoms with Crippen molar-refractivity contribution < 1.29 is 19.3 Å². The standard InChI is InChI=1S/C14H20O4/c1-10(15)11-5-6-13(14(8-11)16-2)18-12-4-3-7-17-9-12/h5-6,8,10,12,15H,3-4,7,9H2,1-2H3. The minimum atomic E-state index is -0.508. The van der Waals surface area contributed by atoms with Gasteiger partial charge in [0.2, 0.25) is 0 Å². The van der Waals surface area contributed by atoms with E-state index in [9.17, 15) is 5.11 Å². The van der Waals surface area contributed by atoms with E-state index < -0.39 is 6.10 Å². The number of hydrogen-bond acceptors (Lipinski definition) is 4. The van der Waals surface area contributed by atoms with Crippen LogP contribution in [0.15, 0.2) is 18.2 Å². The summed E-state index contributed by atoms with van der Waals surface area (Å²) in [5, 5.41) is 9.54. The Morgan fingerprint density at radius 1 is 1.39 bits per heavy atom. The molecule has 0 saturated carbocycles. The third-order valence-electron chi connectivity index (χ3n) is 3.08. The molecule has 2 atom stereocenters. The zero-order chi connectivity index (χ0) is 13.0. The van der Waals surface area contributed by atoms with Crippen LogP contribution in [0.1, 0.15) is 31.4 Å². The fraction of sp³-hybridized carbons (Fsp3) is 0.571. The molecular formula is C14H20O4. The van der Waals surface area contributed by atoms with Crippen LogP contribution in [0.25, 0.3) is 0 Å². The summed E-state index contributed by atoms with van der Waals surface area (Å²) in [7, 11) is 1.60. The molecule has 0 aromatic heterocycles. The van der Waals surface area contributed by atoms with E-state index in [1.54, 1.807) is 14.0 Å². The van der Waals surface area contributed by atoms with Gasteiger partial charge in [0.15, 0.2) is 11.5 Å². The van der Waals surface area contributed by atoms with Crippen molar-refractivity contribution in [2.75, 3.05) is 20.3 Å². The third-order valence-corrected chi connectivity index (χ3v) is 3.08. The smallest absolute Gasteiger partial charge is 0.161 e. The van der Waals surface area contributed by atoms with E-state index in [0.717, 1.165) is 25.0 Å². The first-order valence-corrected chi connectivity index (χ1v) is 6.31. The van der Waals surface area contributed by atoms with Crippen LogP contribution in [0.3, 0.4) is 0 Å². The maximum atomic E-state index is 9.54. The van der Waals surface area contributed by atoms with Gasteiger partial charge in [0.1, 0.15) is 6.10 Å². The molecule has 100 valence electrons. The molecule has 1 fully saturated rings. The van der Waals surface area contributed by atoms with E-state index in [1.807, 2.05) is 18.2 Å². The van der Waals surface area contributed by atoms with Gasteiger partial charge in [0.25, 0.3) is 0 Å². The van der Waals surface area contributed by atoms with Crippen LogP contribution >= 0.6 is 0 Å². The van der Waals surface area contributed by atoms with Crippen molar-refractivity contribution in [1.82, 2.24) is 0 Å². The SMILES string of the molecule is COc1cc(C(C)O)ccc1OC1CCCOC1. The molecule has 4 nitrogen and oxygen atoms in total. The summed E-state index contributed by atoms with van der Waals surface area (Å²) in [6.07, 6.45) is 1.61. The van der Waals surface area contributed by atoms with Gasteiger partial charge in [-0.2, -0.15) is 0 Å². The molecule has 0 bridgehead atoms. The second-order valence-electron chi connectivity index (χ2n) is 4.54. The second-order valence-corrected chi connectivity index (χ2v) is 4.54. The highest BCUT2D eigenvalue weighted by Crippen LogP contribution is 2.31. The Labute approximate surface area is 107 Å². The van der Waals surface area contributed by atoms with E-state index in [0.29, 0.717) is 18.1 Å². The molecule has 1 aliphatic rings. The molecule has 1 N–H and O–H groups in total.